The topological polar surface area (TPSA) is 54.4 Å². The van der Waals surface area contributed by atoms with Gasteiger partial charge in [-0.1, -0.05) is 25.1 Å². The third-order valence-corrected chi connectivity index (χ3v) is 5.27. The predicted molar refractivity (Wildman–Crippen MR) is 110 cm³/mol. The molecule has 0 bridgehead atoms. The van der Waals surface area contributed by atoms with Gasteiger partial charge in [-0.2, -0.15) is 5.10 Å². The predicted octanol–water partition coefficient (Wildman–Crippen LogP) is 5.34. The number of hydrogen-bond donors (Lipinski definition) is 1. The molecule has 1 aromatic heterocycles. The molecule has 1 heterocycles. The van der Waals surface area contributed by atoms with Crippen LogP contribution in [0.15, 0.2) is 59.7 Å². The SMILES string of the molecule is CC1CCC(=NNC(=O)c2cc(-c3ccc(F)cc3)nc3ccccc23)CC1. The summed E-state index contributed by atoms with van der Waals surface area (Å²) in [4.78, 5) is 17.5. The van der Waals surface area contributed by atoms with E-state index >= 15 is 0 Å². The molecule has 28 heavy (non-hydrogen) atoms. The number of benzene rings is 2. The molecule has 3 aromatic rings. The van der Waals surface area contributed by atoms with Crippen LogP contribution in [0.1, 0.15) is 43.0 Å². The first-order valence-corrected chi connectivity index (χ1v) is 9.61. The maximum atomic E-state index is 13.3. The highest BCUT2D eigenvalue weighted by molar-refractivity contribution is 6.07. The fraction of sp³-hybridized carbons (Fsp3) is 0.261. The Morgan fingerprint density at radius 1 is 1.11 bits per heavy atom. The van der Waals surface area contributed by atoms with E-state index in [9.17, 15) is 9.18 Å². The molecule has 1 aliphatic carbocycles. The Balaban J connectivity index is 1.67. The van der Waals surface area contributed by atoms with E-state index < -0.39 is 0 Å². The number of carbonyl (C=O) groups excluding carboxylic acids is 1. The minimum absolute atomic E-state index is 0.256. The molecule has 0 unspecified atom stereocenters. The number of para-hydroxylation sites is 1. The van der Waals surface area contributed by atoms with Crippen molar-refractivity contribution in [3.63, 3.8) is 0 Å². The molecule has 5 heteroatoms. The summed E-state index contributed by atoms with van der Waals surface area (Å²) in [6.07, 6.45) is 4.09. The van der Waals surface area contributed by atoms with Crippen LogP contribution in [0.2, 0.25) is 0 Å². The first kappa shape index (κ1) is 18.3. The molecule has 0 saturated heterocycles. The molecule has 4 nitrogen and oxygen atoms in total. The quantitative estimate of drug-likeness (QED) is 0.629. The van der Waals surface area contributed by atoms with Crippen LogP contribution in [-0.2, 0) is 0 Å². The number of amides is 1. The van der Waals surface area contributed by atoms with Crippen LogP contribution in [0.4, 0.5) is 4.39 Å². The highest BCUT2D eigenvalue weighted by Gasteiger charge is 2.16. The number of halogens is 1. The Morgan fingerprint density at radius 3 is 2.57 bits per heavy atom. The average molecular weight is 375 g/mol. The molecule has 1 fully saturated rings. The molecular weight excluding hydrogens is 353 g/mol. The second kappa shape index (κ2) is 7.89. The largest absolute Gasteiger partial charge is 0.272 e. The third kappa shape index (κ3) is 3.93. The van der Waals surface area contributed by atoms with E-state index in [1.165, 1.54) is 12.1 Å². The van der Waals surface area contributed by atoms with Crippen molar-refractivity contribution in [1.82, 2.24) is 10.4 Å². The number of pyridine rings is 1. The number of rotatable bonds is 3. The van der Waals surface area contributed by atoms with Crippen LogP contribution in [0.25, 0.3) is 22.2 Å². The van der Waals surface area contributed by atoms with Gasteiger partial charge in [-0.25, -0.2) is 14.8 Å². The van der Waals surface area contributed by atoms with Crippen molar-refractivity contribution in [2.24, 2.45) is 11.0 Å². The van der Waals surface area contributed by atoms with Gasteiger partial charge in [-0.15, -0.1) is 0 Å². The molecule has 1 saturated carbocycles. The zero-order valence-electron chi connectivity index (χ0n) is 15.8. The summed E-state index contributed by atoms with van der Waals surface area (Å²) in [5, 5.41) is 5.13. The number of nitrogens with one attached hydrogen (secondary N) is 1. The maximum absolute atomic E-state index is 13.3. The lowest BCUT2D eigenvalue weighted by Crippen LogP contribution is -2.22. The molecule has 0 atom stereocenters. The van der Waals surface area contributed by atoms with E-state index in [1.54, 1.807) is 18.2 Å². The second-order valence-electron chi connectivity index (χ2n) is 7.38. The van der Waals surface area contributed by atoms with Crippen LogP contribution < -0.4 is 5.43 Å². The molecule has 2 aromatic carbocycles. The van der Waals surface area contributed by atoms with Crippen LogP contribution >= 0.6 is 0 Å². The van der Waals surface area contributed by atoms with Gasteiger partial charge in [0.1, 0.15) is 5.82 Å². The number of carbonyl (C=O) groups is 1. The van der Waals surface area contributed by atoms with E-state index in [0.29, 0.717) is 16.8 Å². The minimum Gasteiger partial charge on any atom is -0.267 e. The highest BCUT2D eigenvalue weighted by Crippen LogP contribution is 2.25. The molecular formula is C23H22FN3O. The van der Waals surface area contributed by atoms with E-state index in [1.807, 2.05) is 24.3 Å². The van der Waals surface area contributed by atoms with Crippen LogP contribution in [0, 0.1) is 11.7 Å². The van der Waals surface area contributed by atoms with Gasteiger partial charge in [-0.3, -0.25) is 4.79 Å². The highest BCUT2D eigenvalue weighted by atomic mass is 19.1. The molecule has 0 radical (unpaired) electrons. The first-order valence-electron chi connectivity index (χ1n) is 9.61. The standard InChI is InChI=1S/C23H22FN3O/c1-15-6-12-18(13-7-15)26-27-23(28)20-14-22(16-8-10-17(24)11-9-16)25-21-5-3-2-4-19(20)21/h2-5,8-11,14-15H,6-7,12-13H2,1H3,(H,27,28). The Hall–Kier alpha value is -3.08. The number of hydrogen-bond acceptors (Lipinski definition) is 3. The lowest BCUT2D eigenvalue weighted by molar-refractivity contribution is 0.0956. The number of hydrazone groups is 1. The smallest absolute Gasteiger partial charge is 0.267 e. The van der Waals surface area contributed by atoms with Crippen LogP contribution in [-0.4, -0.2) is 16.6 Å². The van der Waals surface area contributed by atoms with Gasteiger partial charge >= 0.3 is 0 Å². The fourth-order valence-electron chi connectivity index (χ4n) is 3.53. The van der Waals surface area contributed by atoms with E-state index in [-0.39, 0.29) is 11.7 Å². The fourth-order valence-corrected chi connectivity index (χ4v) is 3.53. The number of nitrogens with zero attached hydrogens (tertiary/aromatic N) is 2. The molecule has 1 aliphatic rings. The van der Waals surface area contributed by atoms with Crippen molar-refractivity contribution in [1.29, 1.82) is 0 Å². The molecule has 142 valence electrons. The number of aromatic nitrogens is 1. The third-order valence-electron chi connectivity index (χ3n) is 5.27. The molecule has 4 rings (SSSR count). The van der Waals surface area contributed by atoms with Crippen molar-refractivity contribution < 1.29 is 9.18 Å². The summed E-state index contributed by atoms with van der Waals surface area (Å²) in [5.41, 5.74) is 6.38. The van der Waals surface area contributed by atoms with Gasteiger partial charge in [0.05, 0.1) is 16.8 Å². The molecule has 1 amide bonds. The van der Waals surface area contributed by atoms with Crippen molar-refractivity contribution in [2.45, 2.75) is 32.6 Å². The Kier molecular flexibility index (Phi) is 5.15. The Morgan fingerprint density at radius 2 is 1.82 bits per heavy atom. The van der Waals surface area contributed by atoms with Gasteiger partial charge in [0.2, 0.25) is 0 Å². The van der Waals surface area contributed by atoms with E-state index in [2.05, 4.69) is 22.4 Å². The van der Waals surface area contributed by atoms with Crippen LogP contribution in [0.3, 0.4) is 0 Å². The molecule has 0 aliphatic heterocycles. The Bertz CT molecular complexity index is 1030. The molecule has 0 spiro atoms. The van der Waals surface area contributed by atoms with E-state index in [0.717, 1.165) is 48.3 Å². The minimum atomic E-state index is -0.305. The van der Waals surface area contributed by atoms with Crippen molar-refractivity contribution in [2.75, 3.05) is 0 Å². The second-order valence-corrected chi connectivity index (χ2v) is 7.38. The van der Waals surface area contributed by atoms with Crippen LogP contribution in [0.5, 0.6) is 0 Å². The van der Waals surface area contributed by atoms with Gasteiger partial charge < -0.3 is 0 Å². The average Bonchev–Trinajstić information content (AvgIpc) is 2.73. The Labute approximate surface area is 163 Å². The molecule has 1 N–H and O–H groups in total. The monoisotopic (exact) mass is 375 g/mol. The summed E-state index contributed by atoms with van der Waals surface area (Å²) < 4.78 is 13.3. The summed E-state index contributed by atoms with van der Waals surface area (Å²) in [7, 11) is 0. The first-order chi connectivity index (χ1) is 13.6. The van der Waals surface area contributed by atoms with E-state index in [4.69, 9.17) is 0 Å². The summed E-state index contributed by atoms with van der Waals surface area (Å²) in [6, 6.07) is 15.4. The lowest BCUT2D eigenvalue weighted by atomic mass is 9.90. The number of fused-ring (bicyclic) bond motifs is 1. The lowest BCUT2D eigenvalue weighted by Gasteiger charge is -2.18. The van der Waals surface area contributed by atoms with Gasteiger partial charge in [-0.05, 0) is 68.0 Å². The maximum Gasteiger partial charge on any atom is 0.272 e. The van der Waals surface area contributed by atoms with Gasteiger partial charge in [0.15, 0.2) is 0 Å². The summed E-state index contributed by atoms with van der Waals surface area (Å²) in [6.45, 7) is 2.25. The van der Waals surface area contributed by atoms with Crippen molar-refractivity contribution in [3.05, 3.63) is 66.0 Å². The van der Waals surface area contributed by atoms with Gasteiger partial charge in [0.25, 0.3) is 5.91 Å². The van der Waals surface area contributed by atoms with Crippen molar-refractivity contribution >= 4 is 22.5 Å². The summed E-state index contributed by atoms with van der Waals surface area (Å²) >= 11 is 0. The van der Waals surface area contributed by atoms with Gasteiger partial charge in [0, 0.05) is 16.7 Å². The zero-order valence-corrected chi connectivity index (χ0v) is 15.8. The summed E-state index contributed by atoms with van der Waals surface area (Å²) in [5.74, 6) is 0.158. The zero-order chi connectivity index (χ0) is 19.5. The normalized spacial score (nSPS) is 16.8. The van der Waals surface area contributed by atoms with Crippen molar-refractivity contribution in [3.8, 4) is 11.3 Å².